The van der Waals surface area contributed by atoms with Gasteiger partial charge in [0.25, 0.3) is 0 Å². The molecule has 0 aromatic heterocycles. The average molecular weight is 283 g/mol. The molecule has 0 aromatic carbocycles. The van der Waals surface area contributed by atoms with Crippen LogP contribution in [-0.2, 0) is 19.0 Å². The molecule has 114 valence electrons. The molecule has 0 bridgehead atoms. The van der Waals surface area contributed by atoms with Crippen LogP contribution in [0.2, 0.25) is 0 Å². The SMILES string of the molecule is COC1CCC(C(=O)N2CCC3(CC2)OCCO3)CC1. The molecule has 1 aliphatic carbocycles. The number of hydrogen-bond donors (Lipinski definition) is 0. The van der Waals surface area contributed by atoms with Crippen molar-refractivity contribution in [2.24, 2.45) is 5.92 Å². The Kier molecular flexibility index (Phi) is 4.29. The van der Waals surface area contributed by atoms with Gasteiger partial charge in [-0.2, -0.15) is 0 Å². The Balaban J connectivity index is 1.49. The predicted molar refractivity (Wildman–Crippen MR) is 73.2 cm³/mol. The predicted octanol–water partition coefficient (Wildman–Crippen LogP) is 1.56. The van der Waals surface area contributed by atoms with Crippen LogP contribution < -0.4 is 0 Å². The summed E-state index contributed by atoms with van der Waals surface area (Å²) in [4.78, 5) is 14.6. The lowest BCUT2D eigenvalue weighted by Gasteiger charge is -2.39. The maximum Gasteiger partial charge on any atom is 0.225 e. The highest BCUT2D eigenvalue weighted by Crippen LogP contribution is 2.33. The van der Waals surface area contributed by atoms with Crippen LogP contribution in [0.3, 0.4) is 0 Å². The van der Waals surface area contributed by atoms with Crippen molar-refractivity contribution < 1.29 is 19.0 Å². The molecule has 2 heterocycles. The Bertz CT molecular complexity index is 336. The fourth-order valence-corrected chi connectivity index (χ4v) is 3.66. The molecule has 0 aromatic rings. The Morgan fingerprint density at radius 2 is 1.70 bits per heavy atom. The molecule has 1 spiro atoms. The summed E-state index contributed by atoms with van der Waals surface area (Å²) in [7, 11) is 1.76. The van der Waals surface area contributed by atoms with E-state index >= 15 is 0 Å². The number of likely N-dealkylation sites (tertiary alicyclic amines) is 1. The normalized spacial score (nSPS) is 33.5. The van der Waals surface area contributed by atoms with Crippen molar-refractivity contribution in [1.82, 2.24) is 4.90 Å². The summed E-state index contributed by atoms with van der Waals surface area (Å²) in [6.45, 7) is 2.91. The van der Waals surface area contributed by atoms with Crippen LogP contribution in [0.4, 0.5) is 0 Å². The van der Waals surface area contributed by atoms with Crippen LogP contribution in [0, 0.1) is 5.92 Å². The van der Waals surface area contributed by atoms with E-state index in [-0.39, 0.29) is 11.7 Å². The van der Waals surface area contributed by atoms with E-state index in [0.717, 1.165) is 51.6 Å². The first-order valence-electron chi connectivity index (χ1n) is 7.82. The van der Waals surface area contributed by atoms with Crippen molar-refractivity contribution in [2.75, 3.05) is 33.4 Å². The maximum absolute atomic E-state index is 12.6. The molecule has 1 saturated carbocycles. The van der Waals surface area contributed by atoms with Gasteiger partial charge < -0.3 is 19.1 Å². The average Bonchev–Trinajstić information content (AvgIpc) is 2.96. The molecule has 3 aliphatic rings. The number of rotatable bonds is 2. The number of amides is 1. The van der Waals surface area contributed by atoms with Crippen molar-refractivity contribution in [1.29, 1.82) is 0 Å². The van der Waals surface area contributed by atoms with Crippen LogP contribution in [0.25, 0.3) is 0 Å². The third-order valence-corrected chi connectivity index (χ3v) is 5.01. The van der Waals surface area contributed by atoms with Crippen molar-refractivity contribution in [3.05, 3.63) is 0 Å². The summed E-state index contributed by atoms with van der Waals surface area (Å²) in [6.07, 6.45) is 5.92. The van der Waals surface area contributed by atoms with Gasteiger partial charge in [0.2, 0.25) is 5.91 Å². The molecule has 0 atom stereocenters. The number of ether oxygens (including phenoxy) is 3. The van der Waals surface area contributed by atoms with Gasteiger partial charge in [0.15, 0.2) is 5.79 Å². The Morgan fingerprint density at radius 1 is 1.10 bits per heavy atom. The minimum Gasteiger partial charge on any atom is -0.381 e. The molecule has 3 rings (SSSR count). The van der Waals surface area contributed by atoms with Crippen molar-refractivity contribution in [2.45, 2.75) is 50.4 Å². The van der Waals surface area contributed by atoms with Gasteiger partial charge in [-0.3, -0.25) is 4.79 Å². The second-order valence-corrected chi connectivity index (χ2v) is 6.14. The largest absolute Gasteiger partial charge is 0.381 e. The molecule has 5 nitrogen and oxygen atoms in total. The molecule has 0 radical (unpaired) electrons. The molecule has 2 saturated heterocycles. The molecule has 1 amide bonds. The van der Waals surface area contributed by atoms with E-state index in [0.29, 0.717) is 25.2 Å². The van der Waals surface area contributed by atoms with Crippen molar-refractivity contribution in [3.8, 4) is 0 Å². The summed E-state index contributed by atoms with van der Waals surface area (Å²) in [5, 5.41) is 0. The molecule has 0 unspecified atom stereocenters. The van der Waals surface area contributed by atoms with Crippen LogP contribution in [0.5, 0.6) is 0 Å². The minimum atomic E-state index is -0.384. The second-order valence-electron chi connectivity index (χ2n) is 6.14. The number of carbonyl (C=O) groups is 1. The smallest absolute Gasteiger partial charge is 0.225 e. The quantitative estimate of drug-likeness (QED) is 0.771. The van der Waals surface area contributed by atoms with Gasteiger partial charge in [0.05, 0.1) is 19.3 Å². The fraction of sp³-hybridized carbons (Fsp3) is 0.933. The highest BCUT2D eigenvalue weighted by atomic mass is 16.7. The highest BCUT2D eigenvalue weighted by Gasteiger charge is 2.41. The number of methoxy groups -OCH3 is 1. The standard InChI is InChI=1S/C15H25NO4/c1-18-13-4-2-12(3-5-13)14(17)16-8-6-15(7-9-16)19-10-11-20-15/h12-13H,2-11H2,1H3. The number of piperidine rings is 1. The topological polar surface area (TPSA) is 48.0 Å². The van der Waals surface area contributed by atoms with E-state index in [2.05, 4.69) is 0 Å². The second kappa shape index (κ2) is 6.00. The summed E-state index contributed by atoms with van der Waals surface area (Å²) in [6, 6.07) is 0. The van der Waals surface area contributed by atoms with Crippen LogP contribution in [0.1, 0.15) is 38.5 Å². The van der Waals surface area contributed by atoms with Gasteiger partial charge in [-0.25, -0.2) is 0 Å². The molecular weight excluding hydrogens is 258 g/mol. The van der Waals surface area contributed by atoms with Crippen LogP contribution >= 0.6 is 0 Å². The van der Waals surface area contributed by atoms with E-state index in [1.807, 2.05) is 4.90 Å². The summed E-state index contributed by atoms with van der Waals surface area (Å²) >= 11 is 0. The van der Waals surface area contributed by atoms with Crippen LogP contribution in [-0.4, -0.2) is 56.1 Å². The van der Waals surface area contributed by atoms with Crippen molar-refractivity contribution >= 4 is 5.91 Å². The van der Waals surface area contributed by atoms with Gasteiger partial charge >= 0.3 is 0 Å². The molecule has 2 aliphatic heterocycles. The zero-order valence-electron chi connectivity index (χ0n) is 12.3. The van der Waals surface area contributed by atoms with E-state index in [9.17, 15) is 4.79 Å². The zero-order chi connectivity index (χ0) is 14.0. The van der Waals surface area contributed by atoms with Gasteiger partial charge in [0.1, 0.15) is 0 Å². The first-order valence-corrected chi connectivity index (χ1v) is 7.82. The highest BCUT2D eigenvalue weighted by molar-refractivity contribution is 5.79. The molecule has 0 N–H and O–H groups in total. The van der Waals surface area contributed by atoms with E-state index in [1.165, 1.54) is 0 Å². The number of hydrogen-bond acceptors (Lipinski definition) is 4. The van der Waals surface area contributed by atoms with Gasteiger partial charge in [-0.15, -0.1) is 0 Å². The Hall–Kier alpha value is -0.650. The first-order chi connectivity index (χ1) is 9.72. The van der Waals surface area contributed by atoms with E-state index in [4.69, 9.17) is 14.2 Å². The number of carbonyl (C=O) groups excluding carboxylic acids is 1. The van der Waals surface area contributed by atoms with Gasteiger partial charge in [0, 0.05) is 39.0 Å². The molecule has 5 heteroatoms. The van der Waals surface area contributed by atoms with E-state index in [1.54, 1.807) is 7.11 Å². The Labute approximate surface area is 120 Å². The van der Waals surface area contributed by atoms with Gasteiger partial charge in [-0.05, 0) is 25.7 Å². The fourth-order valence-electron chi connectivity index (χ4n) is 3.66. The van der Waals surface area contributed by atoms with E-state index < -0.39 is 0 Å². The maximum atomic E-state index is 12.6. The van der Waals surface area contributed by atoms with Crippen molar-refractivity contribution in [3.63, 3.8) is 0 Å². The Morgan fingerprint density at radius 3 is 2.25 bits per heavy atom. The van der Waals surface area contributed by atoms with Crippen LogP contribution in [0.15, 0.2) is 0 Å². The lowest BCUT2D eigenvalue weighted by Crippen LogP contribution is -2.49. The summed E-state index contributed by atoms with van der Waals surface area (Å²) < 4.78 is 16.8. The number of nitrogens with zero attached hydrogens (tertiary/aromatic N) is 1. The lowest BCUT2D eigenvalue weighted by molar-refractivity contribution is -0.188. The first kappa shape index (κ1) is 14.3. The molecule has 3 fully saturated rings. The lowest BCUT2D eigenvalue weighted by atomic mass is 9.86. The molecular formula is C15H25NO4. The monoisotopic (exact) mass is 283 g/mol. The summed E-state index contributed by atoms with van der Waals surface area (Å²) in [5.41, 5.74) is 0. The van der Waals surface area contributed by atoms with Gasteiger partial charge in [-0.1, -0.05) is 0 Å². The third-order valence-electron chi connectivity index (χ3n) is 5.01. The minimum absolute atomic E-state index is 0.195. The summed E-state index contributed by atoms with van der Waals surface area (Å²) in [5.74, 6) is 0.137. The third kappa shape index (κ3) is 2.85. The molecule has 20 heavy (non-hydrogen) atoms. The zero-order valence-corrected chi connectivity index (χ0v) is 12.3.